The second-order valence-electron chi connectivity index (χ2n) is 5.73. The van der Waals surface area contributed by atoms with Crippen LogP contribution in [-0.2, 0) is 0 Å². The molecule has 0 fully saturated rings. The van der Waals surface area contributed by atoms with Crippen molar-refractivity contribution in [3.05, 3.63) is 28.2 Å². The molecule has 0 bridgehead atoms. The van der Waals surface area contributed by atoms with Crippen LogP contribution in [0.15, 0.2) is 18.2 Å². The molecule has 1 unspecified atom stereocenters. The molecule has 0 aromatic heterocycles. The highest BCUT2D eigenvalue weighted by atomic mass is 35.5. The van der Waals surface area contributed by atoms with E-state index in [1.807, 2.05) is 0 Å². The maximum atomic E-state index is 9.80. The number of aliphatic hydroxyl groups excluding tert-OH is 1. The summed E-state index contributed by atoms with van der Waals surface area (Å²) in [5, 5.41) is 14.0. The summed E-state index contributed by atoms with van der Waals surface area (Å²) in [5.41, 5.74) is 0.191. The number of hydrogen-bond acceptors (Lipinski definition) is 3. The lowest BCUT2D eigenvalue weighted by atomic mass is 9.97. The molecular formula is C14H21Cl2NO2. The van der Waals surface area contributed by atoms with Gasteiger partial charge >= 0.3 is 0 Å². The fourth-order valence-electron chi connectivity index (χ4n) is 1.45. The Morgan fingerprint density at radius 3 is 2.63 bits per heavy atom. The number of hydrogen-bond donors (Lipinski definition) is 2. The van der Waals surface area contributed by atoms with E-state index in [9.17, 15) is 5.11 Å². The van der Waals surface area contributed by atoms with Crippen LogP contribution in [0.5, 0.6) is 5.75 Å². The molecule has 5 heteroatoms. The molecule has 0 heterocycles. The van der Waals surface area contributed by atoms with Gasteiger partial charge < -0.3 is 15.2 Å². The Bertz CT molecular complexity index is 405. The largest absolute Gasteiger partial charge is 0.489 e. The number of rotatable bonds is 6. The number of aliphatic hydroxyl groups is 1. The minimum Gasteiger partial charge on any atom is -0.489 e. The van der Waals surface area contributed by atoms with Gasteiger partial charge in [-0.3, -0.25) is 0 Å². The monoisotopic (exact) mass is 305 g/mol. The highest BCUT2D eigenvalue weighted by Gasteiger charge is 2.12. The number of halogens is 2. The van der Waals surface area contributed by atoms with Crippen molar-refractivity contribution >= 4 is 23.2 Å². The minimum atomic E-state index is -0.586. The maximum absolute atomic E-state index is 9.80. The van der Waals surface area contributed by atoms with Gasteiger partial charge in [0.05, 0.1) is 5.02 Å². The predicted molar refractivity (Wildman–Crippen MR) is 80.3 cm³/mol. The molecule has 1 rings (SSSR count). The third-order valence-electron chi connectivity index (χ3n) is 2.36. The van der Waals surface area contributed by atoms with E-state index < -0.39 is 6.10 Å². The average Bonchev–Trinajstić information content (AvgIpc) is 2.28. The van der Waals surface area contributed by atoms with Gasteiger partial charge in [0.25, 0.3) is 0 Å². The SMILES string of the molecule is CC(C)(C)CNCC(O)COc1cc(Cl)ccc1Cl. The van der Waals surface area contributed by atoms with Crippen LogP contribution >= 0.6 is 23.2 Å². The first-order valence-corrected chi connectivity index (χ1v) is 7.00. The van der Waals surface area contributed by atoms with E-state index >= 15 is 0 Å². The highest BCUT2D eigenvalue weighted by molar-refractivity contribution is 6.34. The lowest BCUT2D eigenvalue weighted by molar-refractivity contribution is 0.104. The van der Waals surface area contributed by atoms with Gasteiger partial charge in [-0.2, -0.15) is 0 Å². The molecule has 1 aromatic rings. The molecule has 2 N–H and O–H groups in total. The molecule has 0 saturated carbocycles. The summed E-state index contributed by atoms with van der Waals surface area (Å²) in [6.45, 7) is 7.90. The summed E-state index contributed by atoms with van der Waals surface area (Å²) < 4.78 is 5.46. The minimum absolute atomic E-state index is 0.178. The molecule has 0 saturated heterocycles. The van der Waals surface area contributed by atoms with Crippen molar-refractivity contribution in [1.29, 1.82) is 0 Å². The van der Waals surface area contributed by atoms with Gasteiger partial charge in [-0.05, 0) is 17.5 Å². The van der Waals surface area contributed by atoms with E-state index in [0.717, 1.165) is 6.54 Å². The third-order valence-corrected chi connectivity index (χ3v) is 2.91. The normalized spacial score (nSPS) is 13.4. The van der Waals surface area contributed by atoms with Crippen LogP contribution in [0.3, 0.4) is 0 Å². The number of ether oxygens (including phenoxy) is 1. The first-order valence-electron chi connectivity index (χ1n) is 6.24. The van der Waals surface area contributed by atoms with Gasteiger partial charge in [-0.15, -0.1) is 0 Å². The van der Waals surface area contributed by atoms with Crippen molar-refractivity contribution in [1.82, 2.24) is 5.32 Å². The van der Waals surface area contributed by atoms with Crippen LogP contribution in [0.1, 0.15) is 20.8 Å². The summed E-state index contributed by atoms with van der Waals surface area (Å²) in [6.07, 6.45) is -0.586. The van der Waals surface area contributed by atoms with E-state index in [1.165, 1.54) is 0 Å². The van der Waals surface area contributed by atoms with E-state index in [2.05, 4.69) is 26.1 Å². The van der Waals surface area contributed by atoms with Crippen LogP contribution in [0.2, 0.25) is 10.0 Å². The fraction of sp³-hybridized carbons (Fsp3) is 0.571. The van der Waals surface area contributed by atoms with E-state index in [4.69, 9.17) is 27.9 Å². The van der Waals surface area contributed by atoms with E-state index in [-0.39, 0.29) is 12.0 Å². The van der Waals surface area contributed by atoms with Crippen molar-refractivity contribution in [2.24, 2.45) is 5.41 Å². The summed E-state index contributed by atoms with van der Waals surface area (Å²) in [4.78, 5) is 0. The molecule has 1 aromatic carbocycles. The first kappa shape index (κ1) is 16.6. The summed E-state index contributed by atoms with van der Waals surface area (Å²) in [5.74, 6) is 0.490. The smallest absolute Gasteiger partial charge is 0.139 e. The zero-order chi connectivity index (χ0) is 14.5. The van der Waals surface area contributed by atoms with Gasteiger partial charge in [0.15, 0.2) is 0 Å². The Hall–Kier alpha value is -0.480. The molecule has 0 aliphatic carbocycles. The molecule has 0 radical (unpaired) electrons. The fourth-order valence-corrected chi connectivity index (χ4v) is 1.78. The Morgan fingerprint density at radius 2 is 2.00 bits per heavy atom. The van der Waals surface area contributed by atoms with E-state index in [1.54, 1.807) is 18.2 Å². The Morgan fingerprint density at radius 1 is 1.32 bits per heavy atom. The molecule has 19 heavy (non-hydrogen) atoms. The molecule has 1 atom stereocenters. The summed E-state index contributed by atoms with van der Waals surface area (Å²) in [6, 6.07) is 5.00. The number of benzene rings is 1. The van der Waals surface area contributed by atoms with Crippen LogP contribution < -0.4 is 10.1 Å². The maximum Gasteiger partial charge on any atom is 0.139 e. The van der Waals surface area contributed by atoms with Gasteiger partial charge in [0.1, 0.15) is 18.5 Å². The molecular weight excluding hydrogens is 285 g/mol. The van der Waals surface area contributed by atoms with Crippen molar-refractivity contribution < 1.29 is 9.84 Å². The van der Waals surface area contributed by atoms with Crippen molar-refractivity contribution in [2.75, 3.05) is 19.7 Å². The van der Waals surface area contributed by atoms with Crippen molar-refractivity contribution in [3.63, 3.8) is 0 Å². The van der Waals surface area contributed by atoms with Crippen LogP contribution in [0, 0.1) is 5.41 Å². The van der Waals surface area contributed by atoms with Gasteiger partial charge in [0.2, 0.25) is 0 Å². The zero-order valence-corrected chi connectivity index (χ0v) is 13.1. The molecule has 3 nitrogen and oxygen atoms in total. The zero-order valence-electron chi connectivity index (χ0n) is 11.5. The lowest BCUT2D eigenvalue weighted by Crippen LogP contribution is -2.36. The number of nitrogens with one attached hydrogen (secondary N) is 1. The Balaban J connectivity index is 2.34. The topological polar surface area (TPSA) is 41.5 Å². The Kier molecular flexibility index (Phi) is 6.40. The molecule has 0 aliphatic rings. The lowest BCUT2D eigenvalue weighted by Gasteiger charge is -2.20. The summed E-state index contributed by atoms with van der Waals surface area (Å²) >= 11 is 11.8. The van der Waals surface area contributed by atoms with Gasteiger partial charge in [-0.25, -0.2) is 0 Å². The standard InChI is InChI=1S/C14H21Cl2NO2/c1-14(2,3)9-17-7-11(18)8-19-13-6-10(15)4-5-12(13)16/h4-6,11,17-18H,7-9H2,1-3H3. The quantitative estimate of drug-likeness (QED) is 0.846. The highest BCUT2D eigenvalue weighted by Crippen LogP contribution is 2.27. The summed E-state index contributed by atoms with van der Waals surface area (Å²) in [7, 11) is 0. The second kappa shape index (κ2) is 7.34. The predicted octanol–water partition coefficient (Wildman–Crippen LogP) is 3.37. The molecule has 108 valence electrons. The first-order chi connectivity index (χ1) is 8.78. The van der Waals surface area contributed by atoms with Gasteiger partial charge in [0, 0.05) is 24.2 Å². The molecule has 0 spiro atoms. The van der Waals surface area contributed by atoms with Crippen LogP contribution in [-0.4, -0.2) is 30.9 Å². The second-order valence-corrected chi connectivity index (χ2v) is 6.57. The molecule has 0 aliphatic heterocycles. The molecule has 0 amide bonds. The van der Waals surface area contributed by atoms with E-state index in [0.29, 0.717) is 22.3 Å². The van der Waals surface area contributed by atoms with Crippen molar-refractivity contribution in [3.8, 4) is 5.75 Å². The van der Waals surface area contributed by atoms with Crippen molar-refractivity contribution in [2.45, 2.75) is 26.9 Å². The Labute approximate surface area is 124 Å². The third kappa shape index (κ3) is 7.02. The van der Waals surface area contributed by atoms with Crippen LogP contribution in [0.4, 0.5) is 0 Å². The van der Waals surface area contributed by atoms with Crippen LogP contribution in [0.25, 0.3) is 0 Å². The van der Waals surface area contributed by atoms with Gasteiger partial charge in [-0.1, -0.05) is 44.0 Å². The average molecular weight is 306 g/mol.